The summed E-state index contributed by atoms with van der Waals surface area (Å²) in [5.74, 6) is 0.133. The number of nitrogens with zero attached hydrogens (tertiary/aromatic N) is 3. The van der Waals surface area contributed by atoms with E-state index in [2.05, 4.69) is 0 Å². The molecular formula is C17H17N3O4S2. The molecule has 2 heterocycles. The minimum Gasteiger partial charge on any atom is -0.482 e. The van der Waals surface area contributed by atoms with E-state index in [1.807, 2.05) is 6.07 Å². The van der Waals surface area contributed by atoms with Crippen LogP contribution in [0.25, 0.3) is 0 Å². The molecule has 0 N–H and O–H groups in total. The second-order valence-electron chi connectivity index (χ2n) is 5.61. The van der Waals surface area contributed by atoms with Crippen LogP contribution in [0.3, 0.4) is 0 Å². The molecule has 26 heavy (non-hydrogen) atoms. The molecule has 0 radical (unpaired) electrons. The summed E-state index contributed by atoms with van der Waals surface area (Å²) in [6.45, 7) is 0.942. The molecule has 1 aromatic carbocycles. The lowest BCUT2D eigenvalue weighted by Gasteiger charge is -2.33. The first-order valence-electron chi connectivity index (χ1n) is 7.96. The van der Waals surface area contributed by atoms with Crippen molar-refractivity contribution in [3.8, 4) is 11.8 Å². The molecule has 1 saturated heterocycles. The highest BCUT2D eigenvalue weighted by Gasteiger charge is 2.30. The van der Waals surface area contributed by atoms with Crippen LogP contribution in [-0.4, -0.2) is 56.3 Å². The van der Waals surface area contributed by atoms with Gasteiger partial charge in [0.25, 0.3) is 15.9 Å². The van der Waals surface area contributed by atoms with Gasteiger partial charge in [-0.05, 0) is 23.6 Å². The largest absolute Gasteiger partial charge is 0.482 e. The lowest BCUT2D eigenvalue weighted by Crippen LogP contribution is -2.51. The number of carbonyl (C=O) groups excluding carboxylic acids is 1. The third-order valence-electron chi connectivity index (χ3n) is 4.04. The molecule has 2 aromatic rings. The van der Waals surface area contributed by atoms with Crippen molar-refractivity contribution in [3.05, 3.63) is 47.3 Å². The van der Waals surface area contributed by atoms with Crippen molar-refractivity contribution in [3.63, 3.8) is 0 Å². The third kappa shape index (κ3) is 3.88. The van der Waals surface area contributed by atoms with Gasteiger partial charge < -0.3 is 9.64 Å². The summed E-state index contributed by atoms with van der Waals surface area (Å²) in [4.78, 5) is 13.9. The summed E-state index contributed by atoms with van der Waals surface area (Å²) in [5.41, 5.74) is 0.368. The number of benzene rings is 1. The second kappa shape index (κ2) is 7.86. The van der Waals surface area contributed by atoms with Crippen molar-refractivity contribution in [1.29, 1.82) is 5.26 Å². The maximum absolute atomic E-state index is 12.5. The molecule has 3 rings (SSSR count). The fraction of sp³-hybridized carbons (Fsp3) is 0.294. The summed E-state index contributed by atoms with van der Waals surface area (Å²) >= 11 is 1.18. The zero-order valence-corrected chi connectivity index (χ0v) is 15.5. The van der Waals surface area contributed by atoms with Gasteiger partial charge in [-0.15, -0.1) is 11.3 Å². The second-order valence-corrected chi connectivity index (χ2v) is 8.73. The van der Waals surface area contributed by atoms with Crippen molar-refractivity contribution >= 4 is 27.3 Å². The van der Waals surface area contributed by atoms with Crippen LogP contribution in [0.4, 0.5) is 0 Å². The fourth-order valence-electron chi connectivity index (χ4n) is 2.63. The van der Waals surface area contributed by atoms with Crippen LogP contribution in [0.2, 0.25) is 0 Å². The summed E-state index contributed by atoms with van der Waals surface area (Å²) < 4.78 is 32.1. The molecule has 0 atom stereocenters. The first kappa shape index (κ1) is 18.4. The molecule has 0 bridgehead atoms. The monoisotopic (exact) mass is 391 g/mol. The first-order chi connectivity index (χ1) is 12.5. The molecule has 0 spiro atoms. The van der Waals surface area contributed by atoms with Gasteiger partial charge in [0.15, 0.2) is 6.61 Å². The molecule has 7 nitrogen and oxygen atoms in total. The number of thiophene rings is 1. The molecule has 9 heteroatoms. The Labute approximate surface area is 156 Å². The van der Waals surface area contributed by atoms with Crippen LogP contribution in [0.5, 0.6) is 5.75 Å². The Kier molecular flexibility index (Phi) is 5.56. The summed E-state index contributed by atoms with van der Waals surface area (Å²) in [5, 5.41) is 10.8. The molecule has 136 valence electrons. The normalized spacial score (nSPS) is 15.4. The number of rotatable bonds is 5. The Bertz CT molecular complexity index is 912. The average Bonchev–Trinajstić information content (AvgIpc) is 3.22. The van der Waals surface area contributed by atoms with E-state index in [9.17, 15) is 13.2 Å². The van der Waals surface area contributed by atoms with E-state index in [4.69, 9.17) is 10.00 Å². The number of ether oxygens (including phenoxy) is 1. The molecule has 1 fully saturated rings. The molecular weight excluding hydrogens is 374 g/mol. The van der Waals surface area contributed by atoms with Gasteiger partial charge in [-0.1, -0.05) is 18.2 Å². The van der Waals surface area contributed by atoms with Crippen molar-refractivity contribution < 1.29 is 17.9 Å². The minimum absolute atomic E-state index is 0.184. The van der Waals surface area contributed by atoms with Crippen molar-refractivity contribution in [2.24, 2.45) is 0 Å². The summed E-state index contributed by atoms with van der Waals surface area (Å²) in [6, 6.07) is 12.0. The molecule has 1 amide bonds. The first-order valence-corrected chi connectivity index (χ1v) is 10.3. The smallest absolute Gasteiger partial charge is 0.260 e. The number of carbonyl (C=O) groups is 1. The Morgan fingerprint density at radius 3 is 2.54 bits per heavy atom. The molecule has 1 aromatic heterocycles. The Morgan fingerprint density at radius 2 is 1.88 bits per heavy atom. The van der Waals surface area contributed by atoms with E-state index >= 15 is 0 Å². The standard InChI is InChI=1S/C17H17N3O4S2/c18-12-14-4-1-2-5-15(14)24-13-16(21)19-7-9-20(10-8-19)26(22,23)17-6-3-11-25-17/h1-6,11H,7-10,13H2. The van der Waals surface area contributed by atoms with Gasteiger partial charge >= 0.3 is 0 Å². The quantitative estimate of drug-likeness (QED) is 0.771. The predicted octanol–water partition coefficient (Wildman–Crippen LogP) is 1.53. The number of sulfonamides is 1. The zero-order chi connectivity index (χ0) is 18.6. The highest BCUT2D eigenvalue weighted by Crippen LogP contribution is 2.22. The van der Waals surface area contributed by atoms with Gasteiger partial charge in [0, 0.05) is 26.2 Å². The Morgan fingerprint density at radius 1 is 1.15 bits per heavy atom. The molecule has 0 unspecified atom stereocenters. The van der Waals surface area contributed by atoms with E-state index in [0.717, 1.165) is 0 Å². The topological polar surface area (TPSA) is 90.7 Å². The lowest BCUT2D eigenvalue weighted by molar-refractivity contribution is -0.134. The maximum atomic E-state index is 12.5. The number of piperazine rings is 1. The minimum atomic E-state index is -3.49. The maximum Gasteiger partial charge on any atom is 0.260 e. The Balaban J connectivity index is 1.55. The average molecular weight is 391 g/mol. The van der Waals surface area contributed by atoms with E-state index < -0.39 is 10.0 Å². The van der Waals surface area contributed by atoms with E-state index in [1.54, 1.807) is 46.7 Å². The van der Waals surface area contributed by atoms with Crippen molar-refractivity contribution in [1.82, 2.24) is 9.21 Å². The summed E-state index contributed by atoms with van der Waals surface area (Å²) in [6.07, 6.45) is 0. The van der Waals surface area contributed by atoms with Crippen molar-refractivity contribution in [2.45, 2.75) is 4.21 Å². The van der Waals surface area contributed by atoms with Crippen LogP contribution >= 0.6 is 11.3 Å². The highest BCUT2D eigenvalue weighted by molar-refractivity contribution is 7.91. The third-order valence-corrected chi connectivity index (χ3v) is 7.31. The van der Waals surface area contributed by atoms with Crippen LogP contribution in [0.1, 0.15) is 5.56 Å². The Hall–Kier alpha value is -2.41. The van der Waals surface area contributed by atoms with E-state index in [1.165, 1.54) is 15.6 Å². The van der Waals surface area contributed by atoms with Crippen LogP contribution in [0, 0.1) is 11.3 Å². The number of hydrogen-bond donors (Lipinski definition) is 0. The van der Waals surface area contributed by atoms with Gasteiger partial charge in [0.1, 0.15) is 16.0 Å². The fourth-order valence-corrected chi connectivity index (χ4v) is 5.20. The zero-order valence-electron chi connectivity index (χ0n) is 13.9. The molecule has 1 aliphatic heterocycles. The van der Waals surface area contributed by atoms with E-state index in [0.29, 0.717) is 28.6 Å². The number of amides is 1. The summed E-state index contributed by atoms with van der Waals surface area (Å²) in [7, 11) is -3.49. The predicted molar refractivity (Wildman–Crippen MR) is 96.3 cm³/mol. The van der Waals surface area contributed by atoms with Crippen molar-refractivity contribution in [2.75, 3.05) is 32.8 Å². The van der Waals surface area contributed by atoms with Gasteiger partial charge in [0.05, 0.1) is 5.56 Å². The number of nitriles is 1. The SMILES string of the molecule is N#Cc1ccccc1OCC(=O)N1CCN(S(=O)(=O)c2cccs2)CC1. The van der Waals surface area contributed by atoms with Gasteiger partial charge in [0.2, 0.25) is 0 Å². The van der Waals surface area contributed by atoms with Crippen LogP contribution in [0.15, 0.2) is 46.0 Å². The molecule has 0 aliphatic carbocycles. The molecule has 1 aliphatic rings. The van der Waals surface area contributed by atoms with Crippen LogP contribution < -0.4 is 4.74 Å². The molecule has 0 saturated carbocycles. The lowest BCUT2D eigenvalue weighted by atomic mass is 10.2. The van der Waals surface area contributed by atoms with Crippen LogP contribution in [-0.2, 0) is 14.8 Å². The van der Waals surface area contributed by atoms with E-state index in [-0.39, 0.29) is 25.6 Å². The number of hydrogen-bond acceptors (Lipinski definition) is 6. The van der Waals surface area contributed by atoms with Gasteiger partial charge in [-0.2, -0.15) is 9.57 Å². The van der Waals surface area contributed by atoms with Gasteiger partial charge in [-0.25, -0.2) is 8.42 Å². The highest BCUT2D eigenvalue weighted by atomic mass is 32.2. The van der Waals surface area contributed by atoms with Gasteiger partial charge in [-0.3, -0.25) is 4.79 Å². The number of para-hydroxylation sites is 1.